The molecule has 22 heavy (non-hydrogen) atoms. The molecular formula is C13H10F6N2O. The number of rotatable bonds is 3. The maximum absolute atomic E-state index is 12.7. The summed E-state index contributed by atoms with van der Waals surface area (Å²) in [5.74, 6) is 0. The lowest BCUT2D eigenvalue weighted by atomic mass is 10.0. The first kappa shape index (κ1) is 16.3. The van der Waals surface area contributed by atoms with Crippen molar-refractivity contribution < 1.29 is 31.4 Å². The van der Waals surface area contributed by atoms with Crippen LogP contribution in [0.15, 0.2) is 30.7 Å². The third-order valence-electron chi connectivity index (χ3n) is 2.96. The van der Waals surface area contributed by atoms with Crippen LogP contribution < -0.4 is 0 Å². The minimum absolute atomic E-state index is 0.0738. The van der Waals surface area contributed by atoms with E-state index in [0.717, 1.165) is 0 Å². The second kappa shape index (κ2) is 5.64. The molecule has 2 rings (SSSR count). The van der Waals surface area contributed by atoms with Crippen molar-refractivity contribution in [3.63, 3.8) is 0 Å². The summed E-state index contributed by atoms with van der Waals surface area (Å²) in [5.41, 5.74) is -2.65. The Bertz CT molecular complexity index is 627. The van der Waals surface area contributed by atoms with Crippen molar-refractivity contribution in [1.29, 1.82) is 0 Å². The van der Waals surface area contributed by atoms with Crippen LogP contribution in [0, 0.1) is 0 Å². The Morgan fingerprint density at radius 3 is 1.95 bits per heavy atom. The van der Waals surface area contributed by atoms with Crippen molar-refractivity contribution in [3.05, 3.63) is 53.1 Å². The molecule has 0 aliphatic carbocycles. The molecule has 120 valence electrons. The SMILES string of the molecule is OCc1cncn1Cc1cc(C(F)(F)F)cc(C(F)(F)F)c1. The fourth-order valence-corrected chi connectivity index (χ4v) is 1.93. The Morgan fingerprint density at radius 2 is 1.50 bits per heavy atom. The predicted molar refractivity (Wildman–Crippen MR) is 63.7 cm³/mol. The largest absolute Gasteiger partial charge is 0.416 e. The predicted octanol–water partition coefficient (Wildman–Crippen LogP) is 3.46. The lowest BCUT2D eigenvalue weighted by Gasteiger charge is -2.15. The Labute approximate surface area is 120 Å². The zero-order valence-corrected chi connectivity index (χ0v) is 10.9. The fraction of sp³-hybridized carbons (Fsp3) is 0.308. The lowest BCUT2D eigenvalue weighted by molar-refractivity contribution is -0.143. The monoisotopic (exact) mass is 324 g/mol. The van der Waals surface area contributed by atoms with Gasteiger partial charge in [-0.05, 0) is 23.8 Å². The molecule has 0 aliphatic heterocycles. The van der Waals surface area contributed by atoms with E-state index in [0.29, 0.717) is 12.1 Å². The number of alkyl halides is 6. The maximum Gasteiger partial charge on any atom is 0.416 e. The van der Waals surface area contributed by atoms with Gasteiger partial charge in [0.2, 0.25) is 0 Å². The van der Waals surface area contributed by atoms with E-state index in [1.165, 1.54) is 17.1 Å². The normalized spacial score (nSPS) is 12.7. The Balaban J connectivity index is 2.47. The number of aliphatic hydroxyl groups excluding tert-OH is 1. The van der Waals surface area contributed by atoms with Crippen LogP contribution >= 0.6 is 0 Å². The van der Waals surface area contributed by atoms with E-state index in [1.54, 1.807) is 0 Å². The molecule has 0 saturated heterocycles. The number of aromatic nitrogens is 2. The number of aliphatic hydroxyl groups is 1. The van der Waals surface area contributed by atoms with Crippen molar-refractivity contribution in [3.8, 4) is 0 Å². The molecule has 0 spiro atoms. The van der Waals surface area contributed by atoms with E-state index in [-0.39, 0.29) is 23.9 Å². The second-order valence-corrected chi connectivity index (χ2v) is 4.59. The van der Waals surface area contributed by atoms with Gasteiger partial charge in [-0.15, -0.1) is 0 Å². The molecule has 2 aromatic rings. The van der Waals surface area contributed by atoms with Crippen LogP contribution in [-0.4, -0.2) is 14.7 Å². The van der Waals surface area contributed by atoms with Crippen LogP contribution in [0.4, 0.5) is 26.3 Å². The molecule has 0 aliphatic rings. The van der Waals surface area contributed by atoms with Crippen LogP contribution in [0.1, 0.15) is 22.4 Å². The zero-order chi connectivity index (χ0) is 16.5. The first-order valence-electron chi connectivity index (χ1n) is 5.99. The number of halogens is 6. The van der Waals surface area contributed by atoms with Crippen molar-refractivity contribution >= 4 is 0 Å². The zero-order valence-electron chi connectivity index (χ0n) is 10.9. The first-order valence-corrected chi connectivity index (χ1v) is 5.99. The quantitative estimate of drug-likeness (QED) is 0.878. The van der Waals surface area contributed by atoms with Crippen molar-refractivity contribution in [2.24, 2.45) is 0 Å². The smallest absolute Gasteiger partial charge is 0.390 e. The molecule has 0 unspecified atom stereocenters. The van der Waals surface area contributed by atoms with Crippen LogP contribution in [0.3, 0.4) is 0 Å². The summed E-state index contributed by atoms with van der Waals surface area (Å²) < 4.78 is 77.7. The highest BCUT2D eigenvalue weighted by Gasteiger charge is 2.36. The minimum atomic E-state index is -4.88. The summed E-state index contributed by atoms with van der Waals surface area (Å²) >= 11 is 0. The molecule has 3 nitrogen and oxygen atoms in total. The summed E-state index contributed by atoms with van der Waals surface area (Å²) in [7, 11) is 0. The minimum Gasteiger partial charge on any atom is -0.390 e. The second-order valence-electron chi connectivity index (χ2n) is 4.59. The topological polar surface area (TPSA) is 38.1 Å². The number of benzene rings is 1. The molecular weight excluding hydrogens is 314 g/mol. The van der Waals surface area contributed by atoms with Gasteiger partial charge in [0.05, 0.1) is 36.0 Å². The van der Waals surface area contributed by atoms with Crippen molar-refractivity contribution in [2.75, 3.05) is 0 Å². The highest BCUT2D eigenvalue weighted by molar-refractivity contribution is 5.34. The molecule has 1 aromatic heterocycles. The van der Waals surface area contributed by atoms with Crippen molar-refractivity contribution in [2.45, 2.75) is 25.5 Å². The van der Waals surface area contributed by atoms with E-state index in [1.807, 2.05) is 0 Å². The van der Waals surface area contributed by atoms with Crippen LogP contribution in [0.2, 0.25) is 0 Å². The van der Waals surface area contributed by atoms with E-state index in [4.69, 9.17) is 5.11 Å². The molecule has 0 amide bonds. The van der Waals surface area contributed by atoms with Gasteiger partial charge < -0.3 is 9.67 Å². The van der Waals surface area contributed by atoms with Gasteiger partial charge in [0, 0.05) is 6.54 Å². The van der Waals surface area contributed by atoms with Gasteiger partial charge in [0.25, 0.3) is 0 Å². The summed E-state index contributed by atoms with van der Waals surface area (Å²) in [5, 5.41) is 9.03. The molecule has 0 saturated carbocycles. The van der Waals surface area contributed by atoms with Crippen LogP contribution in [-0.2, 0) is 25.5 Å². The number of hydrogen-bond donors (Lipinski definition) is 1. The van der Waals surface area contributed by atoms with Crippen molar-refractivity contribution in [1.82, 2.24) is 9.55 Å². The van der Waals surface area contributed by atoms with Gasteiger partial charge in [-0.1, -0.05) is 0 Å². The van der Waals surface area contributed by atoms with Gasteiger partial charge in [0.15, 0.2) is 0 Å². The average Bonchev–Trinajstić information content (AvgIpc) is 2.83. The Hall–Kier alpha value is -2.03. The van der Waals surface area contributed by atoms with Crippen LogP contribution in [0.25, 0.3) is 0 Å². The van der Waals surface area contributed by atoms with Gasteiger partial charge in [-0.3, -0.25) is 0 Å². The standard InChI is InChI=1S/C13H10F6N2O/c14-12(15,16)9-1-8(2-10(3-9)13(17,18)19)5-21-7-20-4-11(21)6-22/h1-4,7,22H,5-6H2. The number of nitrogens with zero attached hydrogens (tertiary/aromatic N) is 2. The Kier molecular flexibility index (Phi) is 4.19. The van der Waals surface area contributed by atoms with Gasteiger partial charge in [0.1, 0.15) is 0 Å². The van der Waals surface area contributed by atoms with Gasteiger partial charge in [-0.2, -0.15) is 26.3 Å². The Morgan fingerprint density at radius 1 is 0.955 bits per heavy atom. The number of hydrogen-bond acceptors (Lipinski definition) is 2. The maximum atomic E-state index is 12.7. The molecule has 0 atom stereocenters. The van der Waals surface area contributed by atoms with Gasteiger partial charge in [-0.25, -0.2) is 4.98 Å². The molecule has 1 aromatic carbocycles. The van der Waals surface area contributed by atoms with E-state index >= 15 is 0 Å². The average molecular weight is 324 g/mol. The molecule has 1 heterocycles. The highest BCUT2D eigenvalue weighted by atomic mass is 19.4. The summed E-state index contributed by atoms with van der Waals surface area (Å²) in [6.45, 7) is -0.687. The molecule has 0 radical (unpaired) electrons. The van der Waals surface area contributed by atoms with E-state index in [9.17, 15) is 26.3 Å². The molecule has 1 N–H and O–H groups in total. The third kappa shape index (κ3) is 3.59. The molecule has 9 heteroatoms. The lowest BCUT2D eigenvalue weighted by Crippen LogP contribution is -2.13. The fourth-order valence-electron chi connectivity index (χ4n) is 1.93. The summed E-state index contributed by atoms with van der Waals surface area (Å²) in [4.78, 5) is 3.69. The molecule has 0 bridgehead atoms. The van der Waals surface area contributed by atoms with Gasteiger partial charge >= 0.3 is 12.4 Å². The number of imidazole rings is 1. The summed E-state index contributed by atoms with van der Waals surface area (Å²) in [6, 6.07) is 1.37. The van der Waals surface area contributed by atoms with E-state index in [2.05, 4.69) is 4.98 Å². The highest BCUT2D eigenvalue weighted by Crippen LogP contribution is 2.36. The first-order chi connectivity index (χ1) is 10.1. The third-order valence-corrected chi connectivity index (χ3v) is 2.96. The molecule has 0 fully saturated rings. The van der Waals surface area contributed by atoms with Crippen LogP contribution in [0.5, 0.6) is 0 Å². The van der Waals surface area contributed by atoms with E-state index < -0.39 is 30.1 Å². The summed E-state index contributed by atoms with van der Waals surface area (Å²) in [6.07, 6.45) is -7.27.